The van der Waals surface area contributed by atoms with Gasteiger partial charge in [-0.05, 0) is 25.0 Å². The number of amides is 3. The fraction of sp³-hybridized carbons (Fsp3) is 0.467. The van der Waals surface area contributed by atoms with Gasteiger partial charge in [0.15, 0.2) is 9.84 Å². The first-order valence-corrected chi connectivity index (χ1v) is 9.07. The Morgan fingerprint density at radius 1 is 1.21 bits per heavy atom. The van der Waals surface area contributed by atoms with Crippen molar-refractivity contribution >= 4 is 21.8 Å². The molecule has 24 heavy (non-hydrogen) atoms. The van der Waals surface area contributed by atoms with E-state index >= 15 is 0 Å². The second kappa shape index (κ2) is 6.15. The summed E-state index contributed by atoms with van der Waals surface area (Å²) in [6.07, 6.45) is 0.0136. The zero-order valence-electron chi connectivity index (χ0n) is 13.0. The first-order chi connectivity index (χ1) is 11.4. The van der Waals surface area contributed by atoms with E-state index in [4.69, 9.17) is 4.74 Å². The molecule has 1 aromatic carbocycles. The maximum absolute atomic E-state index is 13.0. The predicted molar refractivity (Wildman–Crippen MR) is 81.9 cm³/mol. The minimum atomic E-state index is -3.75. The normalized spacial score (nSPS) is 30.7. The molecule has 4 unspecified atom stereocenters. The Morgan fingerprint density at radius 3 is 2.50 bits per heavy atom. The van der Waals surface area contributed by atoms with Gasteiger partial charge in [0.25, 0.3) is 5.91 Å². The third kappa shape index (κ3) is 2.58. The number of ether oxygens (including phenoxy) is 1. The Labute approximate surface area is 139 Å². The molecule has 1 aliphatic carbocycles. The van der Waals surface area contributed by atoms with Crippen LogP contribution in [0.4, 0.5) is 4.79 Å². The van der Waals surface area contributed by atoms with E-state index in [2.05, 4.69) is 5.32 Å². The summed E-state index contributed by atoms with van der Waals surface area (Å²) in [6.45, 7) is 0. The first-order valence-electron chi connectivity index (χ1n) is 7.53. The molecule has 1 saturated heterocycles. The Morgan fingerprint density at radius 2 is 1.88 bits per heavy atom. The molecule has 8 nitrogen and oxygen atoms in total. The van der Waals surface area contributed by atoms with Crippen molar-refractivity contribution in [3.8, 4) is 0 Å². The van der Waals surface area contributed by atoms with Gasteiger partial charge >= 0.3 is 6.03 Å². The Hall–Kier alpha value is -1.97. The maximum atomic E-state index is 13.0. The molecule has 4 atom stereocenters. The van der Waals surface area contributed by atoms with Crippen LogP contribution in [-0.4, -0.2) is 55.1 Å². The lowest BCUT2D eigenvalue weighted by atomic mass is 9.80. The molecule has 0 radical (unpaired) electrons. The van der Waals surface area contributed by atoms with Gasteiger partial charge in [-0.3, -0.25) is 10.0 Å². The number of imide groups is 1. The molecular weight excluding hydrogens is 336 g/mol. The van der Waals surface area contributed by atoms with Gasteiger partial charge < -0.3 is 10.1 Å². The molecule has 2 N–H and O–H groups in total. The Bertz CT molecular complexity index is 750. The van der Waals surface area contributed by atoms with Crippen LogP contribution in [0.25, 0.3) is 0 Å². The van der Waals surface area contributed by atoms with Crippen LogP contribution < -0.4 is 5.32 Å². The van der Waals surface area contributed by atoms with Gasteiger partial charge in [0.05, 0.1) is 28.2 Å². The van der Waals surface area contributed by atoms with Crippen LogP contribution >= 0.6 is 0 Å². The first kappa shape index (κ1) is 16.9. The van der Waals surface area contributed by atoms with Gasteiger partial charge in [0.2, 0.25) is 0 Å². The number of nitrogens with one attached hydrogen (secondary N) is 1. The lowest BCUT2D eigenvalue weighted by Crippen LogP contribution is -2.68. The van der Waals surface area contributed by atoms with Crippen molar-refractivity contribution in [2.45, 2.75) is 35.1 Å². The lowest BCUT2D eigenvalue weighted by molar-refractivity contribution is -0.170. The molecule has 3 amide bonds. The monoisotopic (exact) mass is 354 g/mol. The van der Waals surface area contributed by atoms with Crippen molar-refractivity contribution in [1.29, 1.82) is 0 Å². The molecule has 2 aliphatic rings. The minimum Gasteiger partial charge on any atom is -0.381 e. The van der Waals surface area contributed by atoms with E-state index in [-0.39, 0.29) is 16.4 Å². The number of carbonyl (C=O) groups excluding carboxylic acids is 2. The number of urea groups is 1. The maximum Gasteiger partial charge on any atom is 0.348 e. The molecule has 1 aliphatic heterocycles. The second-order valence-electron chi connectivity index (χ2n) is 5.90. The number of nitrogens with zero attached hydrogens (tertiary/aromatic N) is 1. The number of hydrogen-bond acceptors (Lipinski definition) is 6. The van der Waals surface area contributed by atoms with Crippen LogP contribution in [0.2, 0.25) is 0 Å². The number of hydroxylamine groups is 2. The van der Waals surface area contributed by atoms with Crippen molar-refractivity contribution in [1.82, 2.24) is 10.4 Å². The summed E-state index contributed by atoms with van der Waals surface area (Å²) in [6, 6.07) is 5.94. The fourth-order valence-corrected chi connectivity index (χ4v) is 5.44. The number of sulfone groups is 1. The van der Waals surface area contributed by atoms with Gasteiger partial charge in [-0.25, -0.2) is 13.2 Å². The van der Waals surface area contributed by atoms with Crippen molar-refractivity contribution < 1.29 is 28.0 Å². The molecule has 2 fully saturated rings. The summed E-state index contributed by atoms with van der Waals surface area (Å²) >= 11 is 0. The standard InChI is InChI=1S/C15H18N2O6S/c1-23-10-7-8-11(24(21,22)9-5-3-2-4-6-9)13-12(10)14(18)17(20)15(19)16-13/h2-6,10-13,20H,7-8H2,1H3,(H,16,19). The van der Waals surface area contributed by atoms with E-state index in [0.717, 1.165) is 0 Å². The summed E-state index contributed by atoms with van der Waals surface area (Å²) < 4.78 is 31.2. The van der Waals surface area contributed by atoms with Crippen molar-refractivity contribution in [3.05, 3.63) is 30.3 Å². The summed E-state index contributed by atoms with van der Waals surface area (Å²) in [7, 11) is -2.34. The third-order valence-corrected chi connectivity index (χ3v) is 6.93. The average molecular weight is 354 g/mol. The highest BCUT2D eigenvalue weighted by Gasteiger charge is 2.54. The SMILES string of the molecule is COC1CCC(S(=O)(=O)c2ccccc2)C2NC(=O)N(O)C(=O)C12. The second-order valence-corrected chi connectivity index (χ2v) is 8.07. The largest absolute Gasteiger partial charge is 0.381 e. The quantitative estimate of drug-likeness (QED) is 0.767. The summed E-state index contributed by atoms with van der Waals surface area (Å²) in [5.41, 5.74) is 0. The predicted octanol–water partition coefficient (Wildman–Crippen LogP) is 0.564. The number of carbonyl (C=O) groups is 2. The smallest absolute Gasteiger partial charge is 0.348 e. The topological polar surface area (TPSA) is 113 Å². The zero-order chi connectivity index (χ0) is 17.5. The molecule has 1 heterocycles. The Balaban J connectivity index is 2.01. The van der Waals surface area contributed by atoms with Crippen molar-refractivity contribution in [2.75, 3.05) is 7.11 Å². The molecule has 1 saturated carbocycles. The number of fused-ring (bicyclic) bond motifs is 1. The van der Waals surface area contributed by atoms with Gasteiger partial charge in [-0.15, -0.1) is 5.06 Å². The minimum absolute atomic E-state index is 0.00922. The molecule has 3 rings (SSSR count). The molecule has 0 bridgehead atoms. The van der Waals surface area contributed by atoms with E-state index in [0.29, 0.717) is 6.42 Å². The zero-order valence-corrected chi connectivity index (χ0v) is 13.8. The molecule has 9 heteroatoms. The van der Waals surface area contributed by atoms with Crippen LogP contribution in [0.15, 0.2) is 35.2 Å². The number of methoxy groups -OCH3 is 1. The summed E-state index contributed by atoms with van der Waals surface area (Å²) in [5, 5.41) is 11.0. The van der Waals surface area contributed by atoms with Gasteiger partial charge in [0.1, 0.15) is 0 Å². The van der Waals surface area contributed by atoms with Crippen LogP contribution in [-0.2, 0) is 19.4 Å². The van der Waals surface area contributed by atoms with Crippen LogP contribution in [0.1, 0.15) is 12.8 Å². The Kier molecular flexibility index (Phi) is 4.33. The molecular formula is C15H18N2O6S. The molecule has 1 aromatic rings. The third-order valence-electron chi connectivity index (χ3n) is 4.67. The highest BCUT2D eigenvalue weighted by Crippen LogP contribution is 2.36. The van der Waals surface area contributed by atoms with Crippen molar-refractivity contribution in [3.63, 3.8) is 0 Å². The molecule has 130 valence electrons. The highest BCUT2D eigenvalue weighted by atomic mass is 32.2. The molecule has 0 spiro atoms. The lowest BCUT2D eigenvalue weighted by Gasteiger charge is -2.44. The van der Waals surface area contributed by atoms with Gasteiger partial charge in [-0.2, -0.15) is 0 Å². The van der Waals surface area contributed by atoms with Crippen LogP contribution in [0.3, 0.4) is 0 Å². The highest BCUT2D eigenvalue weighted by molar-refractivity contribution is 7.92. The van der Waals surface area contributed by atoms with Gasteiger partial charge in [0, 0.05) is 7.11 Å². The summed E-state index contributed by atoms with van der Waals surface area (Å²) in [5.74, 6) is -1.79. The number of rotatable bonds is 3. The van der Waals surface area contributed by atoms with E-state index in [9.17, 15) is 23.2 Å². The number of hydrogen-bond donors (Lipinski definition) is 2. The van der Waals surface area contributed by atoms with E-state index in [1.54, 1.807) is 18.2 Å². The van der Waals surface area contributed by atoms with Gasteiger partial charge in [-0.1, -0.05) is 18.2 Å². The fourth-order valence-electron chi connectivity index (χ4n) is 3.49. The van der Waals surface area contributed by atoms with Crippen LogP contribution in [0, 0.1) is 5.92 Å². The summed E-state index contributed by atoms with van der Waals surface area (Å²) in [4.78, 5) is 24.2. The van der Waals surface area contributed by atoms with E-state index in [1.807, 2.05) is 0 Å². The van der Waals surface area contributed by atoms with E-state index in [1.165, 1.54) is 19.2 Å². The van der Waals surface area contributed by atoms with Crippen LogP contribution in [0.5, 0.6) is 0 Å². The van der Waals surface area contributed by atoms with E-state index < -0.39 is 45.1 Å². The average Bonchev–Trinajstić information content (AvgIpc) is 2.59. The molecule has 0 aromatic heterocycles. The number of benzene rings is 1. The van der Waals surface area contributed by atoms with Crippen molar-refractivity contribution in [2.24, 2.45) is 5.92 Å².